The number of hydrogen-bond donors (Lipinski definition) is 3. The van der Waals surface area contributed by atoms with E-state index in [0.717, 1.165) is 6.42 Å². The van der Waals surface area contributed by atoms with Crippen LogP contribution in [0, 0.1) is 0 Å². The summed E-state index contributed by atoms with van der Waals surface area (Å²) in [5, 5.41) is 27.6. The summed E-state index contributed by atoms with van der Waals surface area (Å²) >= 11 is 0. The number of carboxylic acids is 1. The average molecular weight is 240 g/mol. The zero-order valence-electron chi connectivity index (χ0n) is 9.59. The van der Waals surface area contributed by atoms with Gasteiger partial charge < -0.3 is 20.1 Å². The third-order valence-corrected chi connectivity index (χ3v) is 2.39. The van der Waals surface area contributed by atoms with Crippen molar-refractivity contribution in [1.82, 2.24) is 0 Å². The maximum absolute atomic E-state index is 10.9. The van der Waals surface area contributed by atoms with Gasteiger partial charge >= 0.3 is 5.97 Å². The van der Waals surface area contributed by atoms with Gasteiger partial charge in [0.1, 0.15) is 5.75 Å². The molecule has 0 fully saturated rings. The second-order valence-electron chi connectivity index (χ2n) is 3.70. The molecule has 0 amide bonds. The van der Waals surface area contributed by atoms with E-state index >= 15 is 0 Å². The van der Waals surface area contributed by atoms with Crippen LogP contribution in [0.5, 0.6) is 5.75 Å². The van der Waals surface area contributed by atoms with E-state index in [4.69, 9.17) is 14.9 Å². The average Bonchev–Trinajstić information content (AvgIpc) is 2.35. The van der Waals surface area contributed by atoms with Gasteiger partial charge in [-0.2, -0.15) is 0 Å². The van der Waals surface area contributed by atoms with Gasteiger partial charge in [0.15, 0.2) is 0 Å². The molecule has 1 aromatic rings. The molecule has 1 aromatic carbocycles. The molecule has 0 saturated carbocycles. The van der Waals surface area contributed by atoms with Crippen molar-refractivity contribution in [3.63, 3.8) is 0 Å². The molecular weight excluding hydrogens is 224 g/mol. The third-order valence-electron chi connectivity index (χ3n) is 2.39. The first kappa shape index (κ1) is 13.5. The van der Waals surface area contributed by atoms with Crippen LogP contribution in [-0.2, 0) is 10.4 Å². The normalized spacial score (nSPS) is 14.1. The standard InChI is InChI=1S/C12H16O5/c1-2-7-17-10-5-3-9(4-6-10)12(16,8-13)11(14)15/h3-6,13,16H,2,7-8H2,1H3,(H,14,15). The van der Waals surface area contributed by atoms with Crippen LogP contribution in [0.1, 0.15) is 18.9 Å². The van der Waals surface area contributed by atoms with Crippen molar-refractivity contribution in [2.24, 2.45) is 0 Å². The molecule has 17 heavy (non-hydrogen) atoms. The quantitative estimate of drug-likeness (QED) is 0.682. The Morgan fingerprint density at radius 2 is 1.94 bits per heavy atom. The number of benzene rings is 1. The molecule has 0 spiro atoms. The van der Waals surface area contributed by atoms with Crippen molar-refractivity contribution < 1.29 is 24.9 Å². The Morgan fingerprint density at radius 3 is 2.35 bits per heavy atom. The van der Waals surface area contributed by atoms with Gasteiger partial charge in [-0.3, -0.25) is 0 Å². The van der Waals surface area contributed by atoms with Crippen molar-refractivity contribution in [2.75, 3.05) is 13.2 Å². The smallest absolute Gasteiger partial charge is 0.342 e. The highest BCUT2D eigenvalue weighted by Crippen LogP contribution is 2.23. The summed E-state index contributed by atoms with van der Waals surface area (Å²) in [6, 6.07) is 5.98. The van der Waals surface area contributed by atoms with Gasteiger partial charge in [0.25, 0.3) is 0 Å². The first-order chi connectivity index (χ1) is 8.04. The molecule has 0 aromatic heterocycles. The summed E-state index contributed by atoms with van der Waals surface area (Å²) in [6.07, 6.45) is 0.872. The lowest BCUT2D eigenvalue weighted by molar-refractivity contribution is -0.164. The van der Waals surface area contributed by atoms with Gasteiger partial charge in [-0.25, -0.2) is 4.79 Å². The summed E-state index contributed by atoms with van der Waals surface area (Å²) in [4.78, 5) is 10.9. The van der Waals surface area contributed by atoms with E-state index < -0.39 is 18.2 Å². The minimum Gasteiger partial charge on any atom is -0.494 e. The molecule has 0 bridgehead atoms. The molecule has 0 radical (unpaired) electrons. The maximum Gasteiger partial charge on any atom is 0.342 e. The number of rotatable bonds is 6. The Balaban J connectivity index is 2.89. The van der Waals surface area contributed by atoms with E-state index in [0.29, 0.717) is 12.4 Å². The Hall–Kier alpha value is -1.59. The fourth-order valence-electron chi connectivity index (χ4n) is 1.33. The van der Waals surface area contributed by atoms with Gasteiger partial charge in [0, 0.05) is 0 Å². The minimum atomic E-state index is -2.26. The molecule has 0 heterocycles. The SMILES string of the molecule is CCCOc1ccc(C(O)(CO)C(=O)O)cc1. The van der Waals surface area contributed by atoms with E-state index in [-0.39, 0.29) is 5.56 Å². The zero-order chi connectivity index (χ0) is 12.9. The molecule has 0 aliphatic heterocycles. The molecule has 3 N–H and O–H groups in total. The van der Waals surface area contributed by atoms with Gasteiger partial charge in [-0.15, -0.1) is 0 Å². The number of aliphatic hydroxyl groups excluding tert-OH is 1. The number of ether oxygens (including phenoxy) is 1. The second kappa shape index (κ2) is 5.65. The topological polar surface area (TPSA) is 87.0 Å². The summed E-state index contributed by atoms with van der Waals surface area (Å²) < 4.78 is 5.33. The molecule has 1 rings (SSSR count). The molecule has 0 saturated heterocycles. The summed E-state index contributed by atoms with van der Waals surface area (Å²) in [5.74, 6) is -0.886. The Bertz CT molecular complexity index is 373. The maximum atomic E-state index is 10.9. The summed E-state index contributed by atoms with van der Waals surface area (Å²) in [6.45, 7) is 1.67. The first-order valence-electron chi connectivity index (χ1n) is 5.34. The van der Waals surface area contributed by atoms with Crippen LogP contribution in [-0.4, -0.2) is 34.5 Å². The fraction of sp³-hybridized carbons (Fsp3) is 0.417. The molecule has 94 valence electrons. The van der Waals surface area contributed by atoms with Crippen LogP contribution in [0.3, 0.4) is 0 Å². The molecule has 5 heteroatoms. The molecule has 5 nitrogen and oxygen atoms in total. The van der Waals surface area contributed by atoms with Gasteiger partial charge in [0.05, 0.1) is 13.2 Å². The van der Waals surface area contributed by atoms with Crippen LogP contribution < -0.4 is 4.74 Å². The predicted molar refractivity (Wildman–Crippen MR) is 60.8 cm³/mol. The van der Waals surface area contributed by atoms with Crippen LogP contribution >= 0.6 is 0 Å². The molecule has 0 aliphatic rings. The van der Waals surface area contributed by atoms with Crippen LogP contribution in [0.15, 0.2) is 24.3 Å². The zero-order valence-corrected chi connectivity index (χ0v) is 9.59. The van der Waals surface area contributed by atoms with E-state index in [2.05, 4.69) is 0 Å². The highest BCUT2D eigenvalue weighted by molar-refractivity contribution is 5.79. The van der Waals surface area contributed by atoms with Gasteiger partial charge in [-0.05, 0) is 24.1 Å². The van der Waals surface area contributed by atoms with Crippen molar-refractivity contribution in [2.45, 2.75) is 18.9 Å². The summed E-state index contributed by atoms with van der Waals surface area (Å²) in [7, 11) is 0. The largest absolute Gasteiger partial charge is 0.494 e. The van der Waals surface area contributed by atoms with Gasteiger partial charge in [0.2, 0.25) is 5.60 Å². The predicted octanol–water partition coefficient (Wildman–Crippen LogP) is 0.740. The second-order valence-corrected chi connectivity index (χ2v) is 3.70. The van der Waals surface area contributed by atoms with Crippen molar-refractivity contribution in [3.8, 4) is 5.75 Å². The van der Waals surface area contributed by atoms with E-state index in [1.165, 1.54) is 12.1 Å². The Morgan fingerprint density at radius 1 is 1.35 bits per heavy atom. The number of carbonyl (C=O) groups is 1. The van der Waals surface area contributed by atoms with E-state index in [1.54, 1.807) is 12.1 Å². The summed E-state index contributed by atoms with van der Waals surface area (Å²) in [5.41, 5.74) is -2.14. The van der Waals surface area contributed by atoms with Crippen molar-refractivity contribution in [3.05, 3.63) is 29.8 Å². The van der Waals surface area contributed by atoms with E-state index in [1.807, 2.05) is 6.92 Å². The highest BCUT2D eigenvalue weighted by Gasteiger charge is 2.37. The number of carboxylic acid groups (broad SMARTS) is 1. The first-order valence-corrected chi connectivity index (χ1v) is 5.34. The Labute approximate surface area is 99.3 Å². The van der Waals surface area contributed by atoms with Crippen LogP contribution in [0.4, 0.5) is 0 Å². The van der Waals surface area contributed by atoms with E-state index in [9.17, 15) is 9.90 Å². The lowest BCUT2D eigenvalue weighted by Gasteiger charge is -2.21. The highest BCUT2D eigenvalue weighted by atomic mass is 16.5. The molecular formula is C12H16O5. The van der Waals surface area contributed by atoms with Gasteiger partial charge in [-0.1, -0.05) is 19.1 Å². The van der Waals surface area contributed by atoms with Crippen LogP contribution in [0.2, 0.25) is 0 Å². The fourth-order valence-corrected chi connectivity index (χ4v) is 1.33. The monoisotopic (exact) mass is 240 g/mol. The van der Waals surface area contributed by atoms with Crippen molar-refractivity contribution in [1.29, 1.82) is 0 Å². The lowest BCUT2D eigenvalue weighted by atomic mass is 9.95. The number of aliphatic hydroxyl groups is 2. The molecule has 1 unspecified atom stereocenters. The third kappa shape index (κ3) is 2.95. The number of aliphatic carboxylic acids is 1. The van der Waals surface area contributed by atoms with Crippen molar-refractivity contribution >= 4 is 5.97 Å². The number of hydrogen-bond acceptors (Lipinski definition) is 4. The minimum absolute atomic E-state index is 0.122. The lowest BCUT2D eigenvalue weighted by Crippen LogP contribution is -2.39. The molecule has 0 aliphatic carbocycles. The van der Waals surface area contributed by atoms with Crippen LogP contribution in [0.25, 0.3) is 0 Å². The Kier molecular flexibility index (Phi) is 4.48. The molecule has 1 atom stereocenters.